The quantitative estimate of drug-likeness (QED) is 0.636. The number of nitrogens with one attached hydrogen (secondary N) is 1. The van der Waals surface area contributed by atoms with Crippen molar-refractivity contribution in [3.05, 3.63) is 112 Å². The fraction of sp³-hybridized carbons (Fsp3) is 0.192. The first kappa shape index (κ1) is 15.9. The summed E-state index contributed by atoms with van der Waals surface area (Å²) in [6.07, 6.45) is 12.8. The van der Waals surface area contributed by atoms with Crippen LogP contribution in [0.5, 0.6) is 0 Å². The second-order valence-corrected chi connectivity index (χ2v) is 7.96. The number of rotatable bonds is 0. The Morgan fingerprint density at radius 2 is 1.57 bits per heavy atom. The summed E-state index contributed by atoms with van der Waals surface area (Å²) in [5.41, 5.74) is 8.83. The van der Waals surface area contributed by atoms with E-state index in [9.17, 15) is 4.79 Å². The predicted molar refractivity (Wildman–Crippen MR) is 112 cm³/mol. The van der Waals surface area contributed by atoms with E-state index in [2.05, 4.69) is 66.0 Å². The molecule has 28 heavy (non-hydrogen) atoms. The summed E-state index contributed by atoms with van der Waals surface area (Å²) >= 11 is 0. The van der Waals surface area contributed by atoms with E-state index >= 15 is 0 Å². The van der Waals surface area contributed by atoms with E-state index in [1.54, 1.807) is 0 Å². The molecular formula is C26H21NO. The third-order valence-corrected chi connectivity index (χ3v) is 6.63. The number of fused-ring (bicyclic) bond motifs is 6. The molecule has 2 aromatic rings. The first-order valence-corrected chi connectivity index (χ1v) is 10.1. The van der Waals surface area contributed by atoms with Gasteiger partial charge in [-0.05, 0) is 54.0 Å². The van der Waals surface area contributed by atoms with Gasteiger partial charge >= 0.3 is 0 Å². The van der Waals surface area contributed by atoms with Crippen molar-refractivity contribution < 1.29 is 4.79 Å². The van der Waals surface area contributed by atoms with E-state index in [4.69, 9.17) is 0 Å². The Hall–Kier alpha value is -3.13. The van der Waals surface area contributed by atoms with Gasteiger partial charge in [-0.3, -0.25) is 4.79 Å². The molecule has 0 saturated heterocycles. The van der Waals surface area contributed by atoms with Crippen LogP contribution in [-0.4, -0.2) is 5.78 Å². The van der Waals surface area contributed by atoms with E-state index in [-0.39, 0.29) is 11.2 Å². The largest absolute Gasteiger partial charge is 0.358 e. The Labute approximate surface area is 165 Å². The molecule has 0 saturated carbocycles. The number of carbonyl (C=O) groups excluding carboxylic acids is 1. The van der Waals surface area contributed by atoms with E-state index in [1.165, 1.54) is 28.1 Å². The SMILES string of the molecule is O=C1C2=C(CCC=C2)C2(C3=C(CCC=C3)Nc3ccccc32)c2ccccc21. The van der Waals surface area contributed by atoms with Gasteiger partial charge in [-0.1, -0.05) is 66.8 Å². The van der Waals surface area contributed by atoms with Crippen LogP contribution in [0.2, 0.25) is 0 Å². The highest BCUT2D eigenvalue weighted by Gasteiger charge is 2.51. The van der Waals surface area contributed by atoms with Crippen molar-refractivity contribution in [3.8, 4) is 0 Å². The molecule has 0 fully saturated rings. The summed E-state index contributed by atoms with van der Waals surface area (Å²) in [6.45, 7) is 0. The average Bonchev–Trinajstić information content (AvgIpc) is 2.77. The highest BCUT2D eigenvalue weighted by atomic mass is 16.1. The van der Waals surface area contributed by atoms with Gasteiger partial charge in [-0.15, -0.1) is 0 Å². The monoisotopic (exact) mass is 363 g/mol. The van der Waals surface area contributed by atoms with Crippen LogP contribution in [0, 0.1) is 0 Å². The zero-order valence-electron chi connectivity index (χ0n) is 15.7. The molecule has 136 valence electrons. The maximum atomic E-state index is 13.4. The number of para-hydroxylation sites is 1. The second-order valence-electron chi connectivity index (χ2n) is 7.96. The normalized spacial score (nSPS) is 24.5. The minimum absolute atomic E-state index is 0.171. The summed E-state index contributed by atoms with van der Waals surface area (Å²) in [4.78, 5) is 13.4. The summed E-state index contributed by atoms with van der Waals surface area (Å²) in [5, 5.41) is 3.71. The van der Waals surface area contributed by atoms with Gasteiger partial charge in [0, 0.05) is 22.5 Å². The maximum absolute atomic E-state index is 13.4. The average molecular weight is 363 g/mol. The predicted octanol–water partition coefficient (Wildman–Crippen LogP) is 5.85. The van der Waals surface area contributed by atoms with E-state index in [0.717, 1.165) is 42.4 Å². The minimum Gasteiger partial charge on any atom is -0.358 e. The number of hydrogen-bond acceptors (Lipinski definition) is 2. The Balaban J connectivity index is 1.82. The molecule has 0 radical (unpaired) electrons. The molecule has 0 amide bonds. The molecule has 1 heterocycles. The molecule has 2 nitrogen and oxygen atoms in total. The Morgan fingerprint density at radius 1 is 0.821 bits per heavy atom. The van der Waals surface area contributed by atoms with Gasteiger partial charge in [0.15, 0.2) is 5.78 Å². The summed E-state index contributed by atoms with van der Waals surface area (Å²) in [7, 11) is 0. The van der Waals surface area contributed by atoms with Crippen LogP contribution in [0.25, 0.3) is 0 Å². The van der Waals surface area contributed by atoms with Crippen LogP contribution in [0.4, 0.5) is 5.69 Å². The number of anilines is 1. The van der Waals surface area contributed by atoms with Crippen molar-refractivity contribution in [2.24, 2.45) is 0 Å². The number of Topliss-reactive ketones (excluding diaryl/α,β-unsaturated/α-hetero) is 1. The molecule has 1 unspecified atom stereocenters. The number of hydrogen-bond donors (Lipinski definition) is 1. The fourth-order valence-electron chi connectivity index (χ4n) is 5.57. The molecule has 2 aromatic carbocycles. The zero-order valence-corrected chi connectivity index (χ0v) is 15.7. The number of ketones is 1. The lowest BCUT2D eigenvalue weighted by molar-refractivity contribution is 0.103. The standard InChI is InChI=1S/C26H21NO/c28-25-17-9-1-3-11-19(17)26(20-12-4-2-10-18(20)25)21-13-5-7-15-23(21)27-24-16-8-6-14-22(24)26/h1-3,5-7,9-11,13-15,27H,4,8,12,16H2. The molecule has 6 rings (SSSR count). The molecule has 1 aliphatic heterocycles. The van der Waals surface area contributed by atoms with Crippen LogP contribution < -0.4 is 5.32 Å². The molecule has 1 atom stereocenters. The van der Waals surface area contributed by atoms with Crippen molar-refractivity contribution in [2.75, 3.05) is 5.32 Å². The molecule has 3 aliphatic carbocycles. The fourth-order valence-corrected chi connectivity index (χ4v) is 5.57. The Morgan fingerprint density at radius 3 is 2.50 bits per heavy atom. The van der Waals surface area contributed by atoms with Crippen molar-refractivity contribution in [1.29, 1.82) is 0 Å². The van der Waals surface area contributed by atoms with E-state index in [0.29, 0.717) is 0 Å². The highest BCUT2D eigenvalue weighted by Crippen LogP contribution is 2.58. The van der Waals surface area contributed by atoms with Gasteiger partial charge < -0.3 is 5.32 Å². The summed E-state index contributed by atoms with van der Waals surface area (Å²) < 4.78 is 0. The lowest BCUT2D eigenvalue weighted by atomic mass is 9.55. The van der Waals surface area contributed by atoms with Crippen LogP contribution in [0.15, 0.2) is 95.3 Å². The van der Waals surface area contributed by atoms with Crippen molar-refractivity contribution in [2.45, 2.75) is 31.1 Å². The number of carbonyl (C=O) groups is 1. The zero-order chi connectivity index (χ0) is 18.7. The molecule has 1 spiro atoms. The third kappa shape index (κ3) is 1.85. The van der Waals surface area contributed by atoms with E-state index in [1.807, 2.05) is 12.1 Å². The number of allylic oxidation sites excluding steroid dienone is 8. The van der Waals surface area contributed by atoms with Crippen LogP contribution in [0.3, 0.4) is 0 Å². The molecule has 2 heteroatoms. The van der Waals surface area contributed by atoms with E-state index < -0.39 is 0 Å². The van der Waals surface area contributed by atoms with Crippen LogP contribution in [0.1, 0.15) is 47.2 Å². The van der Waals surface area contributed by atoms with Gasteiger partial charge in [0.25, 0.3) is 0 Å². The highest BCUT2D eigenvalue weighted by molar-refractivity contribution is 6.15. The molecule has 1 N–H and O–H groups in total. The lowest BCUT2D eigenvalue weighted by Gasteiger charge is -2.48. The van der Waals surface area contributed by atoms with Gasteiger partial charge in [-0.2, -0.15) is 0 Å². The van der Waals surface area contributed by atoms with Crippen LogP contribution in [-0.2, 0) is 5.41 Å². The first-order chi connectivity index (χ1) is 13.8. The maximum Gasteiger partial charge on any atom is 0.193 e. The smallest absolute Gasteiger partial charge is 0.193 e. The Kier molecular flexibility index (Phi) is 3.22. The topological polar surface area (TPSA) is 29.1 Å². The van der Waals surface area contributed by atoms with Crippen molar-refractivity contribution >= 4 is 11.5 Å². The number of benzene rings is 2. The third-order valence-electron chi connectivity index (χ3n) is 6.63. The first-order valence-electron chi connectivity index (χ1n) is 10.1. The van der Waals surface area contributed by atoms with Gasteiger partial charge in [0.1, 0.15) is 0 Å². The molecule has 0 bridgehead atoms. The Bertz CT molecular complexity index is 1160. The lowest BCUT2D eigenvalue weighted by Crippen LogP contribution is -2.43. The summed E-state index contributed by atoms with van der Waals surface area (Å²) in [5.74, 6) is 0.171. The molecular weight excluding hydrogens is 342 g/mol. The van der Waals surface area contributed by atoms with Gasteiger partial charge in [-0.25, -0.2) is 0 Å². The molecule has 4 aliphatic rings. The van der Waals surface area contributed by atoms with Crippen molar-refractivity contribution in [1.82, 2.24) is 0 Å². The summed E-state index contributed by atoms with van der Waals surface area (Å²) in [6, 6.07) is 16.9. The minimum atomic E-state index is -0.376. The van der Waals surface area contributed by atoms with Gasteiger partial charge in [0.2, 0.25) is 0 Å². The van der Waals surface area contributed by atoms with Gasteiger partial charge in [0.05, 0.1) is 5.41 Å². The molecule has 0 aromatic heterocycles. The van der Waals surface area contributed by atoms with Crippen molar-refractivity contribution in [3.63, 3.8) is 0 Å². The van der Waals surface area contributed by atoms with Crippen LogP contribution >= 0.6 is 0 Å². The second kappa shape index (κ2) is 5.68.